The fourth-order valence-corrected chi connectivity index (χ4v) is 1.30. The molecular weight excluding hydrogens is 235 g/mol. The van der Waals surface area contributed by atoms with Gasteiger partial charge in [0.15, 0.2) is 11.6 Å². The highest BCUT2D eigenvalue weighted by atomic mass is 19.1. The van der Waals surface area contributed by atoms with Crippen molar-refractivity contribution < 1.29 is 9.18 Å². The quantitative estimate of drug-likeness (QED) is 0.550. The standard InChI is InChI=1S/C12H19FN4O/c1-7(2)8(3)6-16-12(18)9-4-5-15-11(17-14)10(9)13/h4-5,7-8H,6,14H2,1-3H3,(H,15,17)(H,16,18). The summed E-state index contributed by atoms with van der Waals surface area (Å²) in [5, 5.41) is 2.70. The predicted molar refractivity (Wildman–Crippen MR) is 68.3 cm³/mol. The molecule has 1 rings (SSSR count). The van der Waals surface area contributed by atoms with E-state index < -0.39 is 11.7 Å². The Morgan fingerprint density at radius 1 is 1.50 bits per heavy atom. The Labute approximate surface area is 106 Å². The van der Waals surface area contributed by atoms with E-state index in [2.05, 4.69) is 29.6 Å². The highest BCUT2D eigenvalue weighted by Crippen LogP contribution is 2.14. The molecule has 1 aromatic heterocycles. The van der Waals surface area contributed by atoms with Crippen LogP contribution in [0.5, 0.6) is 0 Å². The van der Waals surface area contributed by atoms with Gasteiger partial charge in [0.25, 0.3) is 5.91 Å². The molecule has 0 bridgehead atoms. The summed E-state index contributed by atoms with van der Waals surface area (Å²) in [5.41, 5.74) is 2.05. The first-order chi connectivity index (χ1) is 8.47. The summed E-state index contributed by atoms with van der Waals surface area (Å²) in [6.07, 6.45) is 1.33. The Hall–Kier alpha value is -1.69. The zero-order chi connectivity index (χ0) is 13.7. The van der Waals surface area contributed by atoms with Crippen LogP contribution in [0.4, 0.5) is 10.2 Å². The van der Waals surface area contributed by atoms with Gasteiger partial charge >= 0.3 is 0 Å². The number of aromatic nitrogens is 1. The summed E-state index contributed by atoms with van der Waals surface area (Å²) < 4.78 is 13.7. The predicted octanol–water partition coefficient (Wildman–Crippen LogP) is 1.53. The molecule has 6 heteroatoms. The number of hydrazine groups is 1. The molecule has 1 amide bonds. The van der Waals surface area contributed by atoms with Crippen LogP contribution >= 0.6 is 0 Å². The zero-order valence-corrected chi connectivity index (χ0v) is 10.8. The summed E-state index contributed by atoms with van der Waals surface area (Å²) in [6.45, 7) is 6.67. The first-order valence-corrected chi connectivity index (χ1v) is 5.86. The van der Waals surface area contributed by atoms with Crippen LogP contribution in [0.15, 0.2) is 12.3 Å². The number of carbonyl (C=O) groups excluding carboxylic acids is 1. The van der Waals surface area contributed by atoms with Crippen LogP contribution in [0.2, 0.25) is 0 Å². The van der Waals surface area contributed by atoms with E-state index >= 15 is 0 Å². The number of nitrogens with one attached hydrogen (secondary N) is 2. The monoisotopic (exact) mass is 254 g/mol. The third-order valence-corrected chi connectivity index (χ3v) is 2.99. The lowest BCUT2D eigenvalue weighted by atomic mass is 9.98. The molecular formula is C12H19FN4O. The van der Waals surface area contributed by atoms with Crippen LogP contribution in [-0.2, 0) is 0 Å². The number of halogens is 1. The van der Waals surface area contributed by atoms with E-state index in [9.17, 15) is 9.18 Å². The van der Waals surface area contributed by atoms with Crippen LogP contribution in [-0.4, -0.2) is 17.4 Å². The number of rotatable bonds is 5. The van der Waals surface area contributed by atoms with E-state index in [0.29, 0.717) is 18.4 Å². The van der Waals surface area contributed by atoms with Gasteiger partial charge in [0.1, 0.15) is 0 Å². The molecule has 1 heterocycles. The molecule has 0 saturated heterocycles. The average Bonchev–Trinajstić information content (AvgIpc) is 2.35. The molecule has 100 valence electrons. The van der Waals surface area contributed by atoms with Crippen LogP contribution in [0.25, 0.3) is 0 Å². The number of anilines is 1. The molecule has 0 aliphatic rings. The SMILES string of the molecule is CC(C)C(C)CNC(=O)c1ccnc(NN)c1F. The fourth-order valence-electron chi connectivity index (χ4n) is 1.30. The molecule has 0 aliphatic heterocycles. The molecule has 5 nitrogen and oxygen atoms in total. The number of nitrogens with zero attached hydrogens (tertiary/aromatic N) is 1. The lowest BCUT2D eigenvalue weighted by Crippen LogP contribution is -2.31. The Morgan fingerprint density at radius 3 is 2.72 bits per heavy atom. The molecule has 0 aromatic carbocycles. The lowest BCUT2D eigenvalue weighted by Gasteiger charge is -2.16. The minimum absolute atomic E-state index is 0.0612. The van der Waals surface area contributed by atoms with Gasteiger partial charge in [-0.15, -0.1) is 0 Å². The van der Waals surface area contributed by atoms with Crippen LogP contribution in [0.3, 0.4) is 0 Å². The number of pyridine rings is 1. The maximum Gasteiger partial charge on any atom is 0.254 e. The van der Waals surface area contributed by atoms with Crippen LogP contribution in [0, 0.1) is 17.7 Å². The maximum atomic E-state index is 13.7. The summed E-state index contributed by atoms with van der Waals surface area (Å²) in [6, 6.07) is 1.32. The van der Waals surface area contributed by atoms with Crippen molar-refractivity contribution in [2.24, 2.45) is 17.7 Å². The van der Waals surface area contributed by atoms with Crippen molar-refractivity contribution in [3.63, 3.8) is 0 Å². The molecule has 0 fully saturated rings. The van der Waals surface area contributed by atoms with Gasteiger partial charge in [0, 0.05) is 12.7 Å². The third kappa shape index (κ3) is 3.40. The number of carbonyl (C=O) groups is 1. The second kappa shape index (κ2) is 6.30. The van der Waals surface area contributed by atoms with Crippen molar-refractivity contribution >= 4 is 11.7 Å². The summed E-state index contributed by atoms with van der Waals surface area (Å²) in [7, 11) is 0. The van der Waals surface area contributed by atoms with Gasteiger partial charge in [-0.3, -0.25) is 4.79 Å². The molecule has 0 spiro atoms. The minimum Gasteiger partial charge on any atom is -0.352 e. The normalized spacial score (nSPS) is 12.3. The van der Waals surface area contributed by atoms with Gasteiger partial charge in [-0.05, 0) is 17.9 Å². The van der Waals surface area contributed by atoms with E-state index in [1.54, 1.807) is 0 Å². The smallest absolute Gasteiger partial charge is 0.254 e. The number of hydrogen-bond donors (Lipinski definition) is 3. The summed E-state index contributed by atoms with van der Waals surface area (Å²) in [4.78, 5) is 15.5. The molecule has 1 atom stereocenters. The number of hydrogen-bond acceptors (Lipinski definition) is 4. The largest absolute Gasteiger partial charge is 0.352 e. The van der Waals surface area contributed by atoms with Gasteiger partial charge in [-0.2, -0.15) is 0 Å². The Morgan fingerprint density at radius 2 is 2.17 bits per heavy atom. The number of amides is 1. The molecule has 1 unspecified atom stereocenters. The van der Waals surface area contributed by atoms with Gasteiger partial charge in [-0.1, -0.05) is 20.8 Å². The van der Waals surface area contributed by atoms with Crippen LogP contribution in [0.1, 0.15) is 31.1 Å². The minimum atomic E-state index is -0.741. The van der Waals surface area contributed by atoms with Crippen molar-refractivity contribution in [2.45, 2.75) is 20.8 Å². The zero-order valence-electron chi connectivity index (χ0n) is 10.8. The average molecular weight is 254 g/mol. The van der Waals surface area contributed by atoms with Crippen molar-refractivity contribution in [3.05, 3.63) is 23.6 Å². The number of nitrogens with two attached hydrogens (primary N) is 1. The van der Waals surface area contributed by atoms with E-state index in [0.717, 1.165) is 0 Å². The Kier molecular flexibility index (Phi) is 5.03. The van der Waals surface area contributed by atoms with Crippen molar-refractivity contribution in [2.75, 3.05) is 12.0 Å². The fraction of sp³-hybridized carbons (Fsp3) is 0.500. The highest BCUT2D eigenvalue weighted by molar-refractivity contribution is 5.95. The van der Waals surface area contributed by atoms with Gasteiger partial charge in [-0.25, -0.2) is 15.2 Å². The molecule has 0 saturated carbocycles. The summed E-state index contributed by atoms with van der Waals surface area (Å²) >= 11 is 0. The van der Waals surface area contributed by atoms with E-state index in [1.807, 2.05) is 6.92 Å². The van der Waals surface area contributed by atoms with Crippen LogP contribution < -0.4 is 16.6 Å². The number of nitrogen functional groups attached to an aromatic ring is 1. The van der Waals surface area contributed by atoms with E-state index in [-0.39, 0.29) is 11.4 Å². The first kappa shape index (κ1) is 14.4. The molecule has 1 aromatic rings. The van der Waals surface area contributed by atoms with Crippen molar-refractivity contribution in [1.29, 1.82) is 0 Å². The molecule has 18 heavy (non-hydrogen) atoms. The van der Waals surface area contributed by atoms with Gasteiger partial charge < -0.3 is 10.7 Å². The topological polar surface area (TPSA) is 80.0 Å². The highest BCUT2D eigenvalue weighted by Gasteiger charge is 2.16. The summed E-state index contributed by atoms with van der Waals surface area (Å²) in [5.74, 6) is 4.54. The second-order valence-electron chi connectivity index (χ2n) is 4.60. The van der Waals surface area contributed by atoms with E-state index in [4.69, 9.17) is 5.84 Å². The second-order valence-corrected chi connectivity index (χ2v) is 4.60. The van der Waals surface area contributed by atoms with Crippen molar-refractivity contribution in [1.82, 2.24) is 10.3 Å². The molecule has 4 N–H and O–H groups in total. The third-order valence-electron chi connectivity index (χ3n) is 2.99. The Balaban J connectivity index is 2.73. The maximum absolute atomic E-state index is 13.7. The van der Waals surface area contributed by atoms with Crippen molar-refractivity contribution in [3.8, 4) is 0 Å². The van der Waals surface area contributed by atoms with Gasteiger partial charge in [0.05, 0.1) is 5.56 Å². The molecule has 0 radical (unpaired) electrons. The first-order valence-electron chi connectivity index (χ1n) is 5.86. The van der Waals surface area contributed by atoms with Gasteiger partial charge in [0.2, 0.25) is 0 Å². The lowest BCUT2D eigenvalue weighted by molar-refractivity contribution is 0.0941. The Bertz CT molecular complexity index is 423. The van der Waals surface area contributed by atoms with E-state index in [1.165, 1.54) is 12.3 Å². The molecule has 0 aliphatic carbocycles.